The zero-order chi connectivity index (χ0) is 14.6. The van der Waals surface area contributed by atoms with Crippen LogP contribution in [0.1, 0.15) is 37.7 Å². The number of carbonyl (C=O) groups is 1. The van der Waals surface area contributed by atoms with Crippen LogP contribution in [0.5, 0.6) is 0 Å². The zero-order valence-electron chi connectivity index (χ0n) is 11.4. The van der Waals surface area contributed by atoms with E-state index in [2.05, 4.69) is 21.2 Å². The standard InChI is InChI=1S/C15H20BrFN2O/c16-12-4-5-13(17)11(10-12)6-9-19-14(20)15(18)7-2-1-3-8-15/h4-5,10H,1-3,6-9,18H2,(H,19,20). The van der Waals surface area contributed by atoms with Gasteiger partial charge in [0.25, 0.3) is 0 Å². The molecule has 1 aromatic carbocycles. The SMILES string of the molecule is NC1(C(=O)NCCc2cc(Br)ccc2F)CCCCC1. The van der Waals surface area contributed by atoms with Crippen LogP contribution in [0.15, 0.2) is 22.7 Å². The summed E-state index contributed by atoms with van der Waals surface area (Å²) < 4.78 is 14.4. The summed E-state index contributed by atoms with van der Waals surface area (Å²) in [6.07, 6.45) is 5.10. The van der Waals surface area contributed by atoms with Crippen LogP contribution in [0, 0.1) is 5.82 Å². The van der Waals surface area contributed by atoms with Gasteiger partial charge in [-0.15, -0.1) is 0 Å². The molecule has 1 aliphatic carbocycles. The lowest BCUT2D eigenvalue weighted by Gasteiger charge is -2.31. The minimum Gasteiger partial charge on any atom is -0.354 e. The molecule has 0 aliphatic heterocycles. The third-order valence-electron chi connectivity index (χ3n) is 3.89. The molecular weight excluding hydrogens is 323 g/mol. The number of amides is 1. The van der Waals surface area contributed by atoms with E-state index in [1.807, 2.05) is 0 Å². The lowest BCUT2D eigenvalue weighted by Crippen LogP contribution is -2.55. The van der Waals surface area contributed by atoms with Crippen LogP contribution in [-0.4, -0.2) is 18.0 Å². The Hall–Kier alpha value is -0.940. The van der Waals surface area contributed by atoms with Gasteiger partial charge in [-0.25, -0.2) is 4.39 Å². The van der Waals surface area contributed by atoms with E-state index >= 15 is 0 Å². The number of nitrogens with one attached hydrogen (secondary N) is 1. The average Bonchev–Trinajstić information content (AvgIpc) is 2.43. The highest BCUT2D eigenvalue weighted by molar-refractivity contribution is 9.10. The zero-order valence-corrected chi connectivity index (χ0v) is 13.0. The summed E-state index contributed by atoms with van der Waals surface area (Å²) in [4.78, 5) is 12.1. The molecule has 5 heteroatoms. The highest BCUT2D eigenvalue weighted by atomic mass is 79.9. The number of benzene rings is 1. The Morgan fingerprint density at radius 3 is 2.75 bits per heavy atom. The van der Waals surface area contributed by atoms with Gasteiger partial charge in [-0.3, -0.25) is 4.79 Å². The fourth-order valence-corrected chi connectivity index (χ4v) is 3.04. The van der Waals surface area contributed by atoms with Crippen LogP contribution in [-0.2, 0) is 11.2 Å². The van der Waals surface area contributed by atoms with Crippen LogP contribution in [0.4, 0.5) is 4.39 Å². The molecule has 3 nitrogen and oxygen atoms in total. The van der Waals surface area contributed by atoms with Gasteiger partial charge in [0.15, 0.2) is 0 Å². The fourth-order valence-electron chi connectivity index (χ4n) is 2.63. The van der Waals surface area contributed by atoms with E-state index in [4.69, 9.17) is 5.73 Å². The molecule has 1 fully saturated rings. The maximum absolute atomic E-state index is 13.6. The first-order chi connectivity index (χ1) is 9.51. The molecular formula is C15H20BrFN2O. The Morgan fingerprint density at radius 2 is 2.05 bits per heavy atom. The number of nitrogens with two attached hydrogens (primary N) is 1. The van der Waals surface area contributed by atoms with E-state index < -0.39 is 5.54 Å². The first-order valence-corrected chi connectivity index (χ1v) is 7.82. The summed E-state index contributed by atoms with van der Waals surface area (Å²) in [6.45, 7) is 0.408. The van der Waals surface area contributed by atoms with Gasteiger partial charge in [0.05, 0.1) is 5.54 Å². The van der Waals surface area contributed by atoms with E-state index in [9.17, 15) is 9.18 Å². The van der Waals surface area contributed by atoms with E-state index in [1.54, 1.807) is 12.1 Å². The first kappa shape index (κ1) is 15.4. The Balaban J connectivity index is 1.86. The van der Waals surface area contributed by atoms with Gasteiger partial charge in [0.2, 0.25) is 5.91 Å². The third-order valence-corrected chi connectivity index (χ3v) is 4.38. The summed E-state index contributed by atoms with van der Waals surface area (Å²) in [7, 11) is 0. The molecule has 0 spiro atoms. The van der Waals surface area contributed by atoms with Gasteiger partial charge in [-0.2, -0.15) is 0 Å². The van der Waals surface area contributed by atoms with Gasteiger partial charge in [-0.1, -0.05) is 35.2 Å². The van der Waals surface area contributed by atoms with Crippen LogP contribution in [0.2, 0.25) is 0 Å². The summed E-state index contributed by atoms with van der Waals surface area (Å²) >= 11 is 3.31. The van der Waals surface area contributed by atoms with Crippen molar-refractivity contribution in [3.63, 3.8) is 0 Å². The molecule has 20 heavy (non-hydrogen) atoms. The van der Waals surface area contributed by atoms with Crippen molar-refractivity contribution in [3.8, 4) is 0 Å². The largest absolute Gasteiger partial charge is 0.354 e. The highest BCUT2D eigenvalue weighted by Crippen LogP contribution is 2.26. The molecule has 110 valence electrons. The summed E-state index contributed by atoms with van der Waals surface area (Å²) in [6, 6.07) is 4.82. The second-order valence-electron chi connectivity index (χ2n) is 5.46. The van der Waals surface area contributed by atoms with E-state index in [1.165, 1.54) is 6.07 Å². The van der Waals surface area contributed by atoms with Crippen molar-refractivity contribution >= 4 is 21.8 Å². The van der Waals surface area contributed by atoms with Crippen LogP contribution >= 0.6 is 15.9 Å². The van der Waals surface area contributed by atoms with Gasteiger partial charge < -0.3 is 11.1 Å². The molecule has 1 aromatic rings. The van der Waals surface area contributed by atoms with Crippen molar-refractivity contribution in [1.29, 1.82) is 0 Å². The smallest absolute Gasteiger partial charge is 0.240 e. The minimum atomic E-state index is -0.728. The molecule has 0 bridgehead atoms. The number of rotatable bonds is 4. The maximum atomic E-state index is 13.6. The van der Waals surface area contributed by atoms with E-state index in [0.29, 0.717) is 18.5 Å². The molecule has 0 aromatic heterocycles. The molecule has 0 saturated heterocycles. The van der Waals surface area contributed by atoms with Crippen molar-refractivity contribution in [2.75, 3.05) is 6.54 Å². The number of hydrogen-bond acceptors (Lipinski definition) is 2. The van der Waals surface area contributed by atoms with Crippen molar-refractivity contribution in [3.05, 3.63) is 34.1 Å². The molecule has 0 unspecified atom stereocenters. The molecule has 0 atom stereocenters. The number of carbonyl (C=O) groups excluding carboxylic acids is 1. The highest BCUT2D eigenvalue weighted by Gasteiger charge is 2.34. The number of hydrogen-bond donors (Lipinski definition) is 2. The third kappa shape index (κ3) is 3.79. The Bertz CT molecular complexity index is 487. The van der Waals surface area contributed by atoms with Crippen LogP contribution in [0.25, 0.3) is 0 Å². The summed E-state index contributed by atoms with van der Waals surface area (Å²) in [5.74, 6) is -0.352. The Kier molecular flexibility index (Phi) is 5.16. The Labute approximate surface area is 127 Å². The van der Waals surface area contributed by atoms with Gasteiger partial charge >= 0.3 is 0 Å². The van der Waals surface area contributed by atoms with E-state index in [0.717, 1.165) is 36.6 Å². The second-order valence-corrected chi connectivity index (χ2v) is 6.37. The predicted octanol–water partition coefficient (Wildman–Crippen LogP) is 2.91. The first-order valence-electron chi connectivity index (χ1n) is 7.02. The quantitative estimate of drug-likeness (QED) is 0.883. The molecule has 0 radical (unpaired) electrons. The second kappa shape index (κ2) is 6.68. The van der Waals surface area contributed by atoms with Gasteiger partial charge in [0.1, 0.15) is 5.82 Å². The average molecular weight is 343 g/mol. The predicted molar refractivity (Wildman–Crippen MR) is 80.8 cm³/mol. The minimum absolute atomic E-state index is 0.104. The van der Waals surface area contributed by atoms with Crippen molar-refractivity contribution in [2.24, 2.45) is 5.73 Å². The van der Waals surface area contributed by atoms with Crippen molar-refractivity contribution in [2.45, 2.75) is 44.1 Å². The number of halogens is 2. The van der Waals surface area contributed by atoms with Gasteiger partial charge in [-0.05, 0) is 43.0 Å². The normalized spacial score (nSPS) is 17.8. The monoisotopic (exact) mass is 342 g/mol. The van der Waals surface area contributed by atoms with Gasteiger partial charge in [0, 0.05) is 11.0 Å². The van der Waals surface area contributed by atoms with Crippen molar-refractivity contribution < 1.29 is 9.18 Å². The fraction of sp³-hybridized carbons (Fsp3) is 0.533. The topological polar surface area (TPSA) is 55.1 Å². The molecule has 1 amide bonds. The van der Waals surface area contributed by atoms with Crippen LogP contribution in [0.3, 0.4) is 0 Å². The lowest BCUT2D eigenvalue weighted by atomic mass is 9.82. The molecule has 0 heterocycles. The molecule has 2 rings (SSSR count). The molecule has 3 N–H and O–H groups in total. The maximum Gasteiger partial charge on any atom is 0.240 e. The van der Waals surface area contributed by atoms with E-state index in [-0.39, 0.29) is 11.7 Å². The van der Waals surface area contributed by atoms with Crippen LogP contribution < -0.4 is 11.1 Å². The lowest BCUT2D eigenvalue weighted by molar-refractivity contribution is -0.127. The summed E-state index contributed by atoms with van der Waals surface area (Å²) in [5.41, 5.74) is 6.01. The molecule has 1 aliphatic rings. The van der Waals surface area contributed by atoms with Crippen molar-refractivity contribution in [1.82, 2.24) is 5.32 Å². The molecule has 1 saturated carbocycles. The Morgan fingerprint density at radius 1 is 1.35 bits per heavy atom. The summed E-state index contributed by atoms with van der Waals surface area (Å²) in [5, 5.41) is 2.84.